The lowest BCUT2D eigenvalue weighted by Crippen LogP contribution is -2.31. The van der Waals surface area contributed by atoms with Crippen molar-refractivity contribution in [2.24, 2.45) is 0 Å². The van der Waals surface area contributed by atoms with E-state index in [1.807, 2.05) is 0 Å². The average Bonchev–Trinajstić information content (AvgIpc) is 2.73. The summed E-state index contributed by atoms with van der Waals surface area (Å²) in [4.78, 5) is 17.3. The number of sulfone groups is 1. The Balaban J connectivity index is 2.10. The van der Waals surface area contributed by atoms with Crippen molar-refractivity contribution >= 4 is 38.1 Å². The largest absolute Gasteiger partial charge is 0.383 e. The number of benzene rings is 1. The Bertz CT molecular complexity index is 1490. The molecule has 0 spiro atoms. The van der Waals surface area contributed by atoms with E-state index >= 15 is 0 Å². The predicted molar refractivity (Wildman–Crippen MR) is 112 cm³/mol. The maximum absolute atomic E-state index is 13.3. The van der Waals surface area contributed by atoms with Gasteiger partial charge in [-0.15, -0.1) is 0 Å². The number of fused-ring (bicyclic) bond motifs is 2. The molecule has 0 atom stereocenters. The monoisotopic (exact) mass is 444 g/mol. The standard InChI is InChI=1S/C20H17ClN4O4S/c1-29-11-10-25-18(22)16(30(27,28)14-7-5-13(21)6-8-14)12-15-19(25)23-17-4-2-3-9-24(17)20(15)26/h2-9,12,22H,10-11H2,1H3. The van der Waals surface area contributed by atoms with Crippen LogP contribution in [0.4, 0.5) is 0 Å². The smallest absolute Gasteiger partial charge is 0.267 e. The number of pyridine rings is 2. The van der Waals surface area contributed by atoms with Crippen LogP contribution in [0, 0.1) is 5.41 Å². The number of hydrogen-bond acceptors (Lipinski definition) is 6. The molecule has 8 nitrogen and oxygen atoms in total. The number of rotatable bonds is 5. The molecular formula is C20H17ClN4O4S. The quantitative estimate of drug-likeness (QED) is 0.475. The van der Waals surface area contributed by atoms with Crippen LogP contribution in [0.2, 0.25) is 5.02 Å². The van der Waals surface area contributed by atoms with Crippen molar-refractivity contribution in [3.8, 4) is 0 Å². The fourth-order valence-corrected chi connectivity index (χ4v) is 4.72. The number of hydrogen-bond donors (Lipinski definition) is 1. The van der Waals surface area contributed by atoms with Crippen LogP contribution < -0.4 is 11.0 Å². The number of aromatic nitrogens is 3. The van der Waals surface area contributed by atoms with Gasteiger partial charge in [0.25, 0.3) is 5.56 Å². The summed E-state index contributed by atoms with van der Waals surface area (Å²) in [7, 11) is -2.58. The summed E-state index contributed by atoms with van der Waals surface area (Å²) >= 11 is 5.87. The molecule has 4 rings (SSSR count). The number of nitrogens with zero attached hydrogens (tertiary/aromatic N) is 3. The zero-order chi connectivity index (χ0) is 21.5. The first-order valence-corrected chi connectivity index (χ1v) is 10.8. The second-order valence-corrected chi connectivity index (χ2v) is 8.90. The Kier molecular flexibility index (Phi) is 5.19. The summed E-state index contributed by atoms with van der Waals surface area (Å²) in [5.41, 5.74) is -0.0758. The summed E-state index contributed by atoms with van der Waals surface area (Å²) in [6, 6.07) is 12.0. The molecule has 0 saturated carbocycles. The third-order valence-electron chi connectivity index (χ3n) is 4.72. The lowest BCUT2D eigenvalue weighted by atomic mass is 10.3. The molecule has 30 heavy (non-hydrogen) atoms. The molecule has 0 aliphatic heterocycles. The minimum atomic E-state index is -4.08. The van der Waals surface area contributed by atoms with Gasteiger partial charge in [0.15, 0.2) is 0 Å². The fourth-order valence-electron chi connectivity index (χ4n) is 3.21. The summed E-state index contributed by atoms with van der Waals surface area (Å²) < 4.78 is 34.4. The van der Waals surface area contributed by atoms with Crippen LogP contribution in [-0.2, 0) is 21.1 Å². The highest BCUT2D eigenvalue weighted by Crippen LogP contribution is 2.22. The van der Waals surface area contributed by atoms with Crippen LogP contribution in [0.5, 0.6) is 0 Å². The van der Waals surface area contributed by atoms with E-state index in [0.29, 0.717) is 10.7 Å². The van der Waals surface area contributed by atoms with Crippen molar-refractivity contribution in [2.75, 3.05) is 13.7 Å². The summed E-state index contributed by atoms with van der Waals surface area (Å²) in [5.74, 6) is 0. The van der Waals surface area contributed by atoms with Gasteiger partial charge < -0.3 is 9.30 Å². The lowest BCUT2D eigenvalue weighted by Gasteiger charge is -2.14. The molecule has 3 aromatic heterocycles. The molecule has 0 aliphatic carbocycles. The molecule has 0 bridgehead atoms. The maximum Gasteiger partial charge on any atom is 0.267 e. The minimum Gasteiger partial charge on any atom is -0.383 e. The number of methoxy groups -OCH3 is 1. The molecule has 154 valence electrons. The van der Waals surface area contributed by atoms with Gasteiger partial charge in [-0.1, -0.05) is 17.7 Å². The van der Waals surface area contributed by atoms with Crippen molar-refractivity contribution < 1.29 is 13.2 Å². The molecule has 0 aliphatic rings. The van der Waals surface area contributed by atoms with E-state index in [1.54, 1.807) is 24.4 Å². The normalized spacial score (nSPS) is 11.9. The molecule has 10 heteroatoms. The van der Waals surface area contributed by atoms with Crippen LogP contribution in [-0.4, -0.2) is 36.1 Å². The van der Waals surface area contributed by atoms with E-state index in [4.69, 9.17) is 21.7 Å². The van der Waals surface area contributed by atoms with Gasteiger partial charge in [-0.3, -0.25) is 14.6 Å². The first-order valence-electron chi connectivity index (χ1n) is 8.94. The Morgan fingerprint density at radius 2 is 1.90 bits per heavy atom. The van der Waals surface area contributed by atoms with Gasteiger partial charge in [0, 0.05) is 24.9 Å². The van der Waals surface area contributed by atoms with Crippen LogP contribution in [0.15, 0.2) is 69.3 Å². The highest BCUT2D eigenvalue weighted by molar-refractivity contribution is 7.91. The third-order valence-corrected chi connectivity index (χ3v) is 6.75. The third kappa shape index (κ3) is 3.30. The van der Waals surface area contributed by atoms with Crippen LogP contribution in [0.1, 0.15) is 0 Å². The van der Waals surface area contributed by atoms with Crippen LogP contribution in [0.25, 0.3) is 16.7 Å². The topological polar surface area (TPSA) is 107 Å². The summed E-state index contributed by atoms with van der Waals surface area (Å²) in [6.45, 7) is 0.372. The van der Waals surface area contributed by atoms with Crippen molar-refractivity contribution in [3.63, 3.8) is 0 Å². The van der Waals surface area contributed by atoms with Crippen molar-refractivity contribution in [2.45, 2.75) is 16.3 Å². The molecule has 3 heterocycles. The van der Waals surface area contributed by atoms with Gasteiger partial charge in [0.2, 0.25) is 9.84 Å². The van der Waals surface area contributed by atoms with E-state index < -0.39 is 15.4 Å². The minimum absolute atomic E-state index is 0.0214. The average molecular weight is 445 g/mol. The summed E-state index contributed by atoms with van der Waals surface area (Å²) in [5, 5.41) is 9.07. The van der Waals surface area contributed by atoms with E-state index in [2.05, 4.69) is 4.98 Å². The van der Waals surface area contributed by atoms with Gasteiger partial charge in [0.1, 0.15) is 21.7 Å². The van der Waals surface area contributed by atoms with E-state index in [1.165, 1.54) is 46.4 Å². The molecule has 0 fully saturated rings. The SMILES string of the molecule is COCCn1c(=N)c(S(=O)(=O)c2ccc(Cl)cc2)cc2c(=O)n3ccccc3nc21. The van der Waals surface area contributed by atoms with Gasteiger partial charge in [-0.2, -0.15) is 0 Å². The van der Waals surface area contributed by atoms with E-state index in [9.17, 15) is 13.2 Å². The second kappa shape index (κ2) is 7.67. The molecule has 0 amide bonds. The van der Waals surface area contributed by atoms with Gasteiger partial charge in [-0.25, -0.2) is 13.4 Å². The first-order chi connectivity index (χ1) is 14.3. The molecule has 0 radical (unpaired) electrons. The van der Waals surface area contributed by atoms with Gasteiger partial charge >= 0.3 is 0 Å². The summed E-state index contributed by atoms with van der Waals surface area (Å²) in [6.07, 6.45) is 1.56. The zero-order valence-electron chi connectivity index (χ0n) is 15.9. The van der Waals surface area contributed by atoms with Crippen LogP contribution in [0.3, 0.4) is 0 Å². The van der Waals surface area contributed by atoms with E-state index in [0.717, 1.165) is 0 Å². The van der Waals surface area contributed by atoms with Crippen molar-refractivity contribution in [1.29, 1.82) is 5.41 Å². The molecular weight excluding hydrogens is 428 g/mol. The Hall–Kier alpha value is -3.01. The van der Waals surface area contributed by atoms with Crippen LogP contribution >= 0.6 is 11.6 Å². The first kappa shape index (κ1) is 20.3. The molecule has 0 saturated heterocycles. The molecule has 4 aromatic rings. The number of nitrogens with one attached hydrogen (secondary N) is 1. The highest BCUT2D eigenvalue weighted by atomic mass is 35.5. The Labute approximate surface area is 176 Å². The molecule has 1 N–H and O–H groups in total. The number of ether oxygens (including phenoxy) is 1. The molecule has 1 aromatic carbocycles. The van der Waals surface area contributed by atoms with Gasteiger partial charge in [0.05, 0.1) is 16.9 Å². The van der Waals surface area contributed by atoms with Crippen molar-refractivity contribution in [3.05, 3.63) is 75.6 Å². The van der Waals surface area contributed by atoms with Crippen molar-refractivity contribution in [1.82, 2.24) is 14.0 Å². The maximum atomic E-state index is 13.3. The number of halogens is 1. The Morgan fingerprint density at radius 3 is 2.60 bits per heavy atom. The highest BCUT2D eigenvalue weighted by Gasteiger charge is 2.24. The van der Waals surface area contributed by atoms with Gasteiger partial charge in [-0.05, 0) is 42.5 Å². The second-order valence-electron chi connectivity index (χ2n) is 6.54. The molecule has 0 unspecified atom stereocenters. The Morgan fingerprint density at radius 1 is 1.17 bits per heavy atom. The predicted octanol–water partition coefficient (Wildman–Crippen LogP) is 2.26. The fraction of sp³-hybridized carbons (Fsp3) is 0.150. The lowest BCUT2D eigenvalue weighted by molar-refractivity contribution is 0.186. The van der Waals surface area contributed by atoms with E-state index in [-0.39, 0.29) is 39.5 Å². The zero-order valence-corrected chi connectivity index (χ0v) is 17.4.